The zero-order chi connectivity index (χ0) is 25.7. The lowest BCUT2D eigenvalue weighted by Gasteiger charge is -2.27. The topological polar surface area (TPSA) is 66.5 Å². The molecule has 3 aromatic rings. The van der Waals surface area contributed by atoms with Crippen molar-refractivity contribution in [3.8, 4) is 0 Å². The fraction of sp³-hybridized carbons (Fsp3) is 0.367. The van der Waals surface area contributed by atoms with Gasteiger partial charge in [-0.1, -0.05) is 67.9 Å². The Hall–Kier alpha value is -3.12. The Labute approximate surface area is 215 Å². The first kappa shape index (κ1) is 26.0. The number of amides is 1. The summed E-state index contributed by atoms with van der Waals surface area (Å²) < 4.78 is 28.8. The van der Waals surface area contributed by atoms with Crippen molar-refractivity contribution in [2.24, 2.45) is 0 Å². The summed E-state index contributed by atoms with van der Waals surface area (Å²) in [5, 5.41) is 3.12. The van der Waals surface area contributed by atoms with Gasteiger partial charge in [0.25, 0.3) is 10.0 Å². The second-order valence-electron chi connectivity index (χ2n) is 9.57. The average Bonchev–Trinajstić information content (AvgIpc) is 2.90. The van der Waals surface area contributed by atoms with Crippen LogP contribution < -0.4 is 9.62 Å². The van der Waals surface area contributed by atoms with Crippen LogP contribution in [0.25, 0.3) is 0 Å². The fourth-order valence-corrected chi connectivity index (χ4v) is 6.41. The standard InChI is InChI=1S/C30H36N2O3S/c1-4-23-10-8-9-13-29(23)32(36(34,35)27-18-14-22(3)15-19-27)21-30(33)31-28(5-2)26-17-16-24-11-6-7-12-25(24)20-26/h8-10,13-20,28H,4-7,11-12,21H2,1-3H3,(H,31,33)/t28-/m1/s1. The average molecular weight is 505 g/mol. The fourth-order valence-electron chi connectivity index (χ4n) is 4.95. The molecule has 0 saturated heterocycles. The molecule has 1 aliphatic carbocycles. The summed E-state index contributed by atoms with van der Waals surface area (Å²) in [6.07, 6.45) is 5.99. The maximum atomic E-state index is 13.8. The van der Waals surface area contributed by atoms with Crippen molar-refractivity contribution < 1.29 is 13.2 Å². The number of para-hydroxylation sites is 1. The predicted molar refractivity (Wildman–Crippen MR) is 146 cm³/mol. The maximum Gasteiger partial charge on any atom is 0.264 e. The Morgan fingerprint density at radius 2 is 1.64 bits per heavy atom. The molecular formula is C30H36N2O3S. The molecule has 4 rings (SSSR count). The van der Waals surface area contributed by atoms with E-state index in [1.807, 2.05) is 39.0 Å². The molecule has 0 aliphatic heterocycles. The van der Waals surface area contributed by atoms with Crippen LogP contribution in [0.2, 0.25) is 0 Å². The second kappa shape index (κ2) is 11.3. The number of nitrogens with one attached hydrogen (secondary N) is 1. The molecule has 3 aromatic carbocycles. The van der Waals surface area contributed by atoms with Gasteiger partial charge in [-0.2, -0.15) is 0 Å². The van der Waals surface area contributed by atoms with Gasteiger partial charge in [-0.05, 0) is 85.9 Å². The van der Waals surface area contributed by atoms with Crippen molar-refractivity contribution in [2.75, 3.05) is 10.8 Å². The van der Waals surface area contributed by atoms with Crippen molar-refractivity contribution in [1.82, 2.24) is 5.32 Å². The Morgan fingerprint density at radius 3 is 2.33 bits per heavy atom. The van der Waals surface area contributed by atoms with E-state index in [9.17, 15) is 13.2 Å². The number of carbonyl (C=O) groups excluding carboxylic acids is 1. The lowest BCUT2D eigenvalue weighted by molar-refractivity contribution is -0.120. The molecule has 1 atom stereocenters. The van der Waals surface area contributed by atoms with Crippen LogP contribution in [-0.2, 0) is 34.1 Å². The van der Waals surface area contributed by atoms with E-state index in [-0.39, 0.29) is 23.4 Å². The van der Waals surface area contributed by atoms with Gasteiger partial charge in [0, 0.05) is 0 Å². The number of carbonyl (C=O) groups is 1. The van der Waals surface area contributed by atoms with Gasteiger partial charge in [-0.25, -0.2) is 8.42 Å². The van der Waals surface area contributed by atoms with Crippen LogP contribution in [0.15, 0.2) is 71.6 Å². The number of aryl methyl sites for hydroxylation is 4. The molecule has 0 radical (unpaired) electrons. The minimum atomic E-state index is -3.95. The second-order valence-corrected chi connectivity index (χ2v) is 11.4. The third-order valence-corrected chi connectivity index (χ3v) is 8.83. The van der Waals surface area contributed by atoms with Gasteiger partial charge in [0.2, 0.25) is 5.91 Å². The molecule has 6 heteroatoms. The number of hydrogen-bond acceptors (Lipinski definition) is 3. The first-order chi connectivity index (χ1) is 17.3. The van der Waals surface area contributed by atoms with Crippen molar-refractivity contribution >= 4 is 21.6 Å². The maximum absolute atomic E-state index is 13.8. The van der Waals surface area contributed by atoms with Crippen LogP contribution in [0.1, 0.15) is 67.0 Å². The SMILES string of the molecule is CCc1ccccc1N(CC(=O)N[C@H](CC)c1ccc2c(c1)CCCC2)S(=O)(=O)c1ccc(C)cc1. The Bertz CT molecular complexity index is 1320. The molecule has 190 valence electrons. The molecule has 5 nitrogen and oxygen atoms in total. The molecule has 0 unspecified atom stereocenters. The first-order valence-electron chi connectivity index (χ1n) is 12.9. The number of fused-ring (bicyclic) bond motifs is 1. The van der Waals surface area contributed by atoms with Gasteiger partial charge < -0.3 is 5.32 Å². The molecule has 1 N–H and O–H groups in total. The lowest BCUT2D eigenvalue weighted by Crippen LogP contribution is -2.42. The summed E-state index contributed by atoms with van der Waals surface area (Å²) in [4.78, 5) is 13.5. The van der Waals surface area contributed by atoms with Crippen LogP contribution in [0.4, 0.5) is 5.69 Å². The quantitative estimate of drug-likeness (QED) is 0.395. The van der Waals surface area contributed by atoms with Gasteiger partial charge >= 0.3 is 0 Å². The van der Waals surface area contributed by atoms with Crippen molar-refractivity contribution in [3.63, 3.8) is 0 Å². The number of benzene rings is 3. The van der Waals surface area contributed by atoms with E-state index in [4.69, 9.17) is 0 Å². The van der Waals surface area contributed by atoms with Crippen molar-refractivity contribution in [3.05, 3.63) is 94.5 Å². The highest BCUT2D eigenvalue weighted by molar-refractivity contribution is 7.92. The minimum absolute atomic E-state index is 0.171. The summed E-state index contributed by atoms with van der Waals surface area (Å²) in [5.41, 5.74) is 6.24. The molecule has 0 aromatic heterocycles. The number of hydrogen-bond donors (Lipinski definition) is 1. The van der Waals surface area contributed by atoms with Crippen LogP contribution >= 0.6 is 0 Å². The molecule has 0 bridgehead atoms. The Balaban J connectivity index is 1.63. The summed E-state index contributed by atoms with van der Waals surface area (Å²) >= 11 is 0. The van der Waals surface area contributed by atoms with Crippen LogP contribution in [-0.4, -0.2) is 20.9 Å². The van der Waals surface area contributed by atoms with E-state index in [1.54, 1.807) is 30.3 Å². The highest BCUT2D eigenvalue weighted by Crippen LogP contribution is 2.29. The van der Waals surface area contributed by atoms with E-state index in [0.717, 1.165) is 36.0 Å². The van der Waals surface area contributed by atoms with E-state index < -0.39 is 10.0 Å². The van der Waals surface area contributed by atoms with Crippen molar-refractivity contribution in [2.45, 2.75) is 70.2 Å². The predicted octanol–water partition coefficient (Wildman–Crippen LogP) is 5.90. The van der Waals surface area contributed by atoms with Gasteiger partial charge in [-0.15, -0.1) is 0 Å². The summed E-state index contributed by atoms with van der Waals surface area (Å²) in [5.74, 6) is -0.318. The van der Waals surface area contributed by atoms with Crippen LogP contribution in [0, 0.1) is 6.92 Å². The summed E-state index contributed by atoms with van der Waals surface area (Å²) in [7, 11) is -3.95. The Kier molecular flexibility index (Phi) is 8.14. The molecule has 36 heavy (non-hydrogen) atoms. The number of sulfonamides is 1. The van der Waals surface area contributed by atoms with Gasteiger partial charge in [0.05, 0.1) is 16.6 Å². The highest BCUT2D eigenvalue weighted by atomic mass is 32.2. The number of rotatable bonds is 9. The number of anilines is 1. The minimum Gasteiger partial charge on any atom is -0.348 e. The largest absolute Gasteiger partial charge is 0.348 e. The molecule has 1 aliphatic rings. The summed E-state index contributed by atoms with van der Waals surface area (Å²) in [6, 6.07) is 20.5. The molecule has 1 amide bonds. The van der Waals surface area contributed by atoms with E-state index >= 15 is 0 Å². The van der Waals surface area contributed by atoms with Gasteiger partial charge in [-0.3, -0.25) is 9.10 Å². The monoisotopic (exact) mass is 504 g/mol. The Morgan fingerprint density at radius 1 is 0.944 bits per heavy atom. The zero-order valence-corrected chi connectivity index (χ0v) is 22.3. The first-order valence-corrected chi connectivity index (χ1v) is 14.4. The molecule has 0 saturated carbocycles. The third kappa shape index (κ3) is 5.65. The van der Waals surface area contributed by atoms with Gasteiger partial charge in [0.15, 0.2) is 0 Å². The highest BCUT2D eigenvalue weighted by Gasteiger charge is 2.29. The van der Waals surface area contributed by atoms with Crippen LogP contribution in [0.3, 0.4) is 0 Å². The lowest BCUT2D eigenvalue weighted by atomic mass is 9.89. The molecule has 0 fully saturated rings. The number of nitrogens with zero attached hydrogens (tertiary/aromatic N) is 1. The van der Waals surface area contributed by atoms with E-state index in [0.29, 0.717) is 12.1 Å². The van der Waals surface area contributed by atoms with Crippen molar-refractivity contribution in [1.29, 1.82) is 0 Å². The van der Waals surface area contributed by atoms with E-state index in [1.165, 1.54) is 28.3 Å². The van der Waals surface area contributed by atoms with E-state index in [2.05, 4.69) is 23.5 Å². The summed E-state index contributed by atoms with van der Waals surface area (Å²) in [6.45, 7) is 5.66. The zero-order valence-electron chi connectivity index (χ0n) is 21.5. The molecule has 0 heterocycles. The smallest absolute Gasteiger partial charge is 0.264 e. The third-order valence-electron chi connectivity index (χ3n) is 7.06. The normalized spacial score (nSPS) is 14.1. The molecule has 0 spiro atoms. The van der Waals surface area contributed by atoms with Crippen LogP contribution in [0.5, 0.6) is 0 Å². The molecular weight excluding hydrogens is 468 g/mol. The van der Waals surface area contributed by atoms with Gasteiger partial charge in [0.1, 0.15) is 6.54 Å².